The van der Waals surface area contributed by atoms with Crippen LogP contribution in [0, 0.1) is 0 Å². The van der Waals surface area contributed by atoms with Crippen LogP contribution in [0.15, 0.2) is 54.6 Å². The lowest BCUT2D eigenvalue weighted by Gasteiger charge is -2.12. The smallest absolute Gasteiger partial charge is 0.319 e. The van der Waals surface area contributed by atoms with Crippen molar-refractivity contribution in [2.75, 3.05) is 23.3 Å². The molecule has 0 aliphatic rings. The number of carbonyl (C=O) groups is 1. The Morgan fingerprint density at radius 1 is 1.00 bits per heavy atom. The van der Waals surface area contributed by atoms with Gasteiger partial charge in [-0.1, -0.05) is 49.4 Å². The molecule has 1 aromatic heterocycles. The highest BCUT2D eigenvalue weighted by molar-refractivity contribution is 5.89. The first-order chi connectivity index (χ1) is 13.6. The van der Waals surface area contributed by atoms with Crippen LogP contribution in [0.3, 0.4) is 0 Å². The van der Waals surface area contributed by atoms with Gasteiger partial charge in [-0.05, 0) is 36.1 Å². The van der Waals surface area contributed by atoms with Gasteiger partial charge in [0.2, 0.25) is 5.95 Å². The van der Waals surface area contributed by atoms with Crippen molar-refractivity contribution in [1.82, 2.24) is 15.3 Å². The van der Waals surface area contributed by atoms with Crippen molar-refractivity contribution in [1.29, 1.82) is 0 Å². The maximum Gasteiger partial charge on any atom is 0.319 e. The van der Waals surface area contributed by atoms with Crippen LogP contribution < -0.4 is 22.1 Å². The first-order valence-electron chi connectivity index (χ1n) is 9.18. The molecule has 0 spiro atoms. The van der Waals surface area contributed by atoms with E-state index in [1.165, 1.54) is 5.56 Å². The Morgan fingerprint density at radius 2 is 1.71 bits per heavy atom. The fourth-order valence-electron chi connectivity index (χ4n) is 2.98. The van der Waals surface area contributed by atoms with Gasteiger partial charge in [0.05, 0.1) is 5.69 Å². The summed E-state index contributed by atoms with van der Waals surface area (Å²) in [6.07, 6.45) is 1.47. The minimum Gasteiger partial charge on any atom is -0.383 e. The quantitative estimate of drug-likeness (QED) is 0.526. The summed E-state index contributed by atoms with van der Waals surface area (Å²) in [5, 5.41) is 5.68. The number of rotatable bonds is 6. The lowest BCUT2D eigenvalue weighted by molar-refractivity contribution is 0.252. The van der Waals surface area contributed by atoms with E-state index in [2.05, 4.69) is 20.6 Å². The van der Waals surface area contributed by atoms with Crippen molar-refractivity contribution in [3.05, 3.63) is 65.9 Å². The third-order valence-electron chi connectivity index (χ3n) is 4.34. The fraction of sp³-hybridized carbons (Fsp3) is 0.190. The van der Waals surface area contributed by atoms with E-state index < -0.39 is 0 Å². The molecule has 7 heteroatoms. The summed E-state index contributed by atoms with van der Waals surface area (Å²) in [6, 6.07) is 17.2. The number of anilines is 3. The highest BCUT2D eigenvalue weighted by Gasteiger charge is 2.12. The van der Waals surface area contributed by atoms with Crippen LogP contribution in [0.4, 0.5) is 22.2 Å². The summed E-state index contributed by atoms with van der Waals surface area (Å²) in [6.45, 7) is 2.55. The second kappa shape index (κ2) is 8.85. The van der Waals surface area contributed by atoms with Crippen LogP contribution in [0.1, 0.15) is 18.2 Å². The van der Waals surface area contributed by atoms with Crippen LogP contribution in [-0.4, -0.2) is 22.5 Å². The number of aryl methyl sites for hydroxylation is 1. The number of nitrogen functional groups attached to an aromatic ring is 2. The van der Waals surface area contributed by atoms with Crippen LogP contribution in [0.5, 0.6) is 0 Å². The third-order valence-corrected chi connectivity index (χ3v) is 4.34. The Labute approximate surface area is 164 Å². The zero-order valence-corrected chi connectivity index (χ0v) is 15.8. The van der Waals surface area contributed by atoms with Crippen molar-refractivity contribution in [2.45, 2.75) is 19.8 Å². The summed E-state index contributed by atoms with van der Waals surface area (Å²) in [7, 11) is 0. The van der Waals surface area contributed by atoms with Gasteiger partial charge in [0.15, 0.2) is 0 Å². The maximum atomic E-state index is 12.1. The van der Waals surface area contributed by atoms with Crippen molar-refractivity contribution in [2.24, 2.45) is 0 Å². The maximum absolute atomic E-state index is 12.1. The fourth-order valence-corrected chi connectivity index (χ4v) is 2.98. The van der Waals surface area contributed by atoms with Gasteiger partial charge >= 0.3 is 6.03 Å². The van der Waals surface area contributed by atoms with Gasteiger partial charge in [0, 0.05) is 17.8 Å². The van der Waals surface area contributed by atoms with E-state index in [-0.39, 0.29) is 12.0 Å². The lowest BCUT2D eigenvalue weighted by Crippen LogP contribution is -2.30. The number of benzene rings is 2. The van der Waals surface area contributed by atoms with Crippen molar-refractivity contribution >= 4 is 23.5 Å². The Bertz CT molecular complexity index is 941. The molecule has 0 unspecified atom stereocenters. The van der Waals surface area contributed by atoms with Gasteiger partial charge in [-0.15, -0.1) is 0 Å². The van der Waals surface area contributed by atoms with E-state index in [9.17, 15) is 4.79 Å². The van der Waals surface area contributed by atoms with Gasteiger partial charge in [-0.25, -0.2) is 9.78 Å². The third kappa shape index (κ3) is 4.76. The average Bonchev–Trinajstić information content (AvgIpc) is 2.69. The van der Waals surface area contributed by atoms with Crippen LogP contribution in [-0.2, 0) is 12.8 Å². The number of nitrogens with two attached hydrogens (primary N) is 2. The van der Waals surface area contributed by atoms with Gasteiger partial charge in [0.25, 0.3) is 0 Å². The Kier molecular flexibility index (Phi) is 6.06. The molecule has 0 atom stereocenters. The molecule has 2 aromatic carbocycles. The Balaban J connectivity index is 1.61. The highest BCUT2D eigenvalue weighted by atomic mass is 16.2. The molecule has 0 radical (unpaired) electrons. The molecule has 3 aromatic rings. The molecule has 0 aliphatic carbocycles. The molecular weight excluding hydrogens is 352 g/mol. The SMILES string of the molecule is CCc1nc(N)nc(N)c1-c1ccc(NC(=O)NCCc2ccccc2)cc1. The number of amides is 2. The summed E-state index contributed by atoms with van der Waals surface area (Å²) < 4.78 is 0. The summed E-state index contributed by atoms with van der Waals surface area (Å²) in [5.74, 6) is 0.521. The molecule has 3 rings (SSSR count). The van der Waals surface area contributed by atoms with Crippen LogP contribution >= 0.6 is 0 Å². The van der Waals surface area contributed by atoms with E-state index >= 15 is 0 Å². The second-order valence-corrected chi connectivity index (χ2v) is 6.34. The van der Waals surface area contributed by atoms with E-state index in [1.807, 2.05) is 61.5 Å². The topological polar surface area (TPSA) is 119 Å². The van der Waals surface area contributed by atoms with E-state index in [0.29, 0.717) is 24.5 Å². The predicted molar refractivity (Wildman–Crippen MR) is 113 cm³/mol. The lowest BCUT2D eigenvalue weighted by atomic mass is 10.0. The van der Waals surface area contributed by atoms with Gasteiger partial charge in [-0.3, -0.25) is 0 Å². The van der Waals surface area contributed by atoms with Crippen molar-refractivity contribution < 1.29 is 4.79 Å². The normalized spacial score (nSPS) is 10.5. The average molecular weight is 376 g/mol. The van der Waals surface area contributed by atoms with Crippen LogP contribution in [0.25, 0.3) is 11.1 Å². The standard InChI is InChI=1S/C21H24N6O/c1-2-17-18(19(22)27-20(23)26-17)15-8-10-16(11-9-15)25-21(28)24-13-12-14-6-4-3-5-7-14/h3-11H,2,12-13H2,1H3,(H2,24,25,28)(H4,22,23,26,27). The van der Waals surface area contributed by atoms with Crippen molar-refractivity contribution in [3.8, 4) is 11.1 Å². The number of nitrogens with zero attached hydrogens (tertiary/aromatic N) is 2. The molecule has 0 saturated carbocycles. The largest absolute Gasteiger partial charge is 0.383 e. The zero-order valence-electron chi connectivity index (χ0n) is 15.8. The summed E-state index contributed by atoms with van der Waals surface area (Å²) in [5.41, 5.74) is 16.0. The second-order valence-electron chi connectivity index (χ2n) is 6.34. The van der Waals surface area contributed by atoms with Gasteiger partial charge in [0.1, 0.15) is 5.82 Å². The molecule has 1 heterocycles. The van der Waals surface area contributed by atoms with E-state index in [4.69, 9.17) is 11.5 Å². The molecule has 7 nitrogen and oxygen atoms in total. The zero-order chi connectivity index (χ0) is 19.9. The summed E-state index contributed by atoms with van der Waals surface area (Å²) in [4.78, 5) is 20.4. The highest BCUT2D eigenvalue weighted by Crippen LogP contribution is 2.29. The minimum atomic E-state index is -0.242. The molecule has 144 valence electrons. The molecule has 0 fully saturated rings. The molecule has 6 N–H and O–H groups in total. The Hall–Kier alpha value is -3.61. The van der Waals surface area contributed by atoms with Gasteiger partial charge < -0.3 is 22.1 Å². The predicted octanol–water partition coefficient (Wildman–Crippen LogP) is 3.23. The number of aromatic nitrogens is 2. The number of hydrogen-bond acceptors (Lipinski definition) is 5. The van der Waals surface area contributed by atoms with Crippen LogP contribution in [0.2, 0.25) is 0 Å². The Morgan fingerprint density at radius 3 is 2.39 bits per heavy atom. The van der Waals surface area contributed by atoms with E-state index in [1.54, 1.807) is 0 Å². The molecule has 0 saturated heterocycles. The minimum absolute atomic E-state index is 0.170. The molecule has 0 bridgehead atoms. The number of urea groups is 1. The monoisotopic (exact) mass is 376 g/mol. The number of nitrogens with one attached hydrogen (secondary N) is 2. The summed E-state index contributed by atoms with van der Waals surface area (Å²) >= 11 is 0. The van der Waals surface area contributed by atoms with E-state index in [0.717, 1.165) is 23.2 Å². The number of hydrogen-bond donors (Lipinski definition) is 4. The molecule has 28 heavy (non-hydrogen) atoms. The molecule has 0 aliphatic heterocycles. The first-order valence-corrected chi connectivity index (χ1v) is 9.18. The molecule has 2 amide bonds. The van der Waals surface area contributed by atoms with Gasteiger partial charge in [-0.2, -0.15) is 4.98 Å². The first kappa shape index (κ1) is 19.2. The number of carbonyl (C=O) groups excluding carboxylic acids is 1. The van der Waals surface area contributed by atoms with Crippen molar-refractivity contribution in [3.63, 3.8) is 0 Å². The molecular formula is C21H24N6O.